The standard InChI is InChI=1S/C43H50FN3O4/c1-4-30-24-40(39(44)26-37(30)41(49)5-2)47-22-20-45(21-23-47)27-29-16-18-46(19-17-29)33-10-6-32(7-11-33)43-36-15-12-34(48)25-42(36)51-28-38(43)31-8-13-35(50-3)14-9-31/h6-15,24-26,29,38,43,48H,4-5,16-23,27-28H2,1-3H3. The van der Waals surface area contributed by atoms with E-state index in [1.807, 2.05) is 38.1 Å². The number of aryl methyl sites for hydroxylation is 1. The van der Waals surface area contributed by atoms with Crippen LogP contribution in [0.1, 0.15) is 77.6 Å². The lowest BCUT2D eigenvalue weighted by Gasteiger charge is -2.40. The largest absolute Gasteiger partial charge is 0.508 e. The van der Waals surface area contributed by atoms with Crippen molar-refractivity contribution >= 4 is 17.2 Å². The highest BCUT2D eigenvalue weighted by Crippen LogP contribution is 2.47. The molecule has 2 atom stereocenters. The lowest BCUT2D eigenvalue weighted by atomic mass is 9.76. The molecule has 0 radical (unpaired) electrons. The molecule has 2 fully saturated rings. The van der Waals surface area contributed by atoms with Crippen molar-refractivity contribution in [2.45, 2.75) is 51.4 Å². The Labute approximate surface area is 301 Å². The Morgan fingerprint density at radius 2 is 1.57 bits per heavy atom. The third kappa shape index (κ3) is 7.43. The second-order valence-corrected chi connectivity index (χ2v) is 14.3. The van der Waals surface area contributed by atoms with Gasteiger partial charge in [-0.15, -0.1) is 0 Å². The molecular weight excluding hydrogens is 641 g/mol. The fraction of sp³-hybridized carbons (Fsp3) is 0.419. The van der Waals surface area contributed by atoms with Crippen LogP contribution in [0.2, 0.25) is 0 Å². The summed E-state index contributed by atoms with van der Waals surface area (Å²) in [4.78, 5) is 19.6. The number of benzene rings is 4. The number of carbonyl (C=O) groups excluding carboxylic acids is 1. The van der Waals surface area contributed by atoms with Gasteiger partial charge in [0.05, 0.1) is 19.4 Å². The summed E-state index contributed by atoms with van der Waals surface area (Å²) < 4.78 is 26.8. The molecule has 7 nitrogen and oxygen atoms in total. The minimum Gasteiger partial charge on any atom is -0.508 e. The van der Waals surface area contributed by atoms with E-state index >= 15 is 4.39 Å². The number of carbonyl (C=O) groups is 1. The van der Waals surface area contributed by atoms with Crippen molar-refractivity contribution in [1.82, 2.24) is 4.90 Å². The van der Waals surface area contributed by atoms with Crippen molar-refractivity contribution in [3.05, 3.63) is 112 Å². The van der Waals surface area contributed by atoms with Crippen molar-refractivity contribution in [2.24, 2.45) is 5.92 Å². The van der Waals surface area contributed by atoms with Crippen molar-refractivity contribution in [3.8, 4) is 17.2 Å². The molecule has 3 heterocycles. The average Bonchev–Trinajstić information content (AvgIpc) is 3.17. The van der Waals surface area contributed by atoms with E-state index in [0.29, 0.717) is 30.2 Å². The van der Waals surface area contributed by atoms with Gasteiger partial charge in [-0.2, -0.15) is 0 Å². The first-order valence-electron chi connectivity index (χ1n) is 18.6. The van der Waals surface area contributed by atoms with Crippen LogP contribution in [0.25, 0.3) is 0 Å². The maximum atomic E-state index is 15.2. The topological polar surface area (TPSA) is 65.5 Å². The SMILES string of the molecule is CCC(=O)c1cc(F)c(N2CCN(CC3CCN(c4ccc(C5c6ccc(O)cc6OCC5c5ccc(OC)cc5)cc4)CC3)CC2)cc1CC. The smallest absolute Gasteiger partial charge is 0.162 e. The second kappa shape index (κ2) is 15.4. The summed E-state index contributed by atoms with van der Waals surface area (Å²) in [5.74, 6) is 2.38. The van der Waals surface area contributed by atoms with Gasteiger partial charge in [-0.1, -0.05) is 44.2 Å². The van der Waals surface area contributed by atoms with Crippen LogP contribution in [-0.4, -0.2) is 75.3 Å². The Morgan fingerprint density at radius 3 is 2.24 bits per heavy atom. The van der Waals surface area contributed by atoms with Gasteiger partial charge in [-0.25, -0.2) is 4.39 Å². The number of aromatic hydroxyl groups is 1. The molecule has 0 spiro atoms. The summed E-state index contributed by atoms with van der Waals surface area (Å²) in [5, 5.41) is 10.2. The summed E-state index contributed by atoms with van der Waals surface area (Å²) in [6, 6.07) is 26.2. The Morgan fingerprint density at radius 1 is 0.863 bits per heavy atom. The number of halogens is 1. The molecule has 0 saturated carbocycles. The van der Waals surface area contributed by atoms with Gasteiger partial charge >= 0.3 is 0 Å². The number of phenolic OH excluding ortho intramolecular Hbond substituents is 1. The summed E-state index contributed by atoms with van der Waals surface area (Å²) >= 11 is 0. The Bertz CT molecular complexity index is 1810. The zero-order chi connectivity index (χ0) is 35.5. The van der Waals surface area contributed by atoms with Crippen LogP contribution in [0.3, 0.4) is 0 Å². The van der Waals surface area contributed by atoms with Crippen LogP contribution in [0.4, 0.5) is 15.8 Å². The highest BCUT2D eigenvalue weighted by atomic mass is 19.1. The quantitative estimate of drug-likeness (QED) is 0.169. The number of phenols is 1. The molecule has 3 aliphatic heterocycles. The number of nitrogens with zero attached hydrogens (tertiary/aromatic N) is 3. The van der Waals surface area contributed by atoms with Gasteiger partial charge < -0.3 is 24.4 Å². The lowest BCUT2D eigenvalue weighted by Crippen LogP contribution is -2.49. The zero-order valence-electron chi connectivity index (χ0n) is 30.1. The minimum absolute atomic E-state index is 0.00720. The molecule has 4 aromatic carbocycles. The monoisotopic (exact) mass is 691 g/mol. The van der Waals surface area contributed by atoms with Gasteiger partial charge in [0.1, 0.15) is 23.1 Å². The molecule has 268 valence electrons. The van der Waals surface area contributed by atoms with Crippen LogP contribution in [0, 0.1) is 11.7 Å². The third-order valence-electron chi connectivity index (χ3n) is 11.3. The molecule has 2 saturated heterocycles. The molecule has 7 rings (SSSR count). The van der Waals surface area contributed by atoms with E-state index < -0.39 is 0 Å². The highest BCUT2D eigenvalue weighted by molar-refractivity contribution is 5.97. The van der Waals surface area contributed by atoms with Crippen LogP contribution >= 0.6 is 0 Å². The number of Topliss-reactive ketones (excluding diaryl/α,β-unsaturated/α-hetero) is 1. The Kier molecular flexibility index (Phi) is 10.5. The van der Waals surface area contributed by atoms with Gasteiger partial charge in [-0.3, -0.25) is 9.69 Å². The van der Waals surface area contributed by atoms with Crippen molar-refractivity contribution in [1.29, 1.82) is 0 Å². The predicted molar refractivity (Wildman–Crippen MR) is 202 cm³/mol. The number of ketones is 1. The number of rotatable bonds is 10. The number of methoxy groups -OCH3 is 1. The Hall–Kier alpha value is -4.56. The van der Waals surface area contributed by atoms with Crippen LogP contribution in [-0.2, 0) is 6.42 Å². The number of piperazine rings is 1. The van der Waals surface area contributed by atoms with E-state index in [1.165, 1.54) is 22.9 Å². The van der Waals surface area contributed by atoms with Gasteiger partial charge in [0.25, 0.3) is 0 Å². The summed E-state index contributed by atoms with van der Waals surface area (Å²) in [6.45, 7) is 11.0. The summed E-state index contributed by atoms with van der Waals surface area (Å²) in [7, 11) is 1.68. The first-order valence-corrected chi connectivity index (χ1v) is 18.6. The van der Waals surface area contributed by atoms with Gasteiger partial charge in [0.15, 0.2) is 5.78 Å². The molecule has 2 unspecified atom stereocenters. The van der Waals surface area contributed by atoms with Crippen LogP contribution in [0.5, 0.6) is 17.2 Å². The van der Waals surface area contributed by atoms with E-state index in [9.17, 15) is 9.90 Å². The van der Waals surface area contributed by atoms with Crippen molar-refractivity contribution in [2.75, 3.05) is 69.3 Å². The number of hydrogen-bond acceptors (Lipinski definition) is 7. The number of hydrogen-bond donors (Lipinski definition) is 1. The number of fused-ring (bicyclic) bond motifs is 1. The van der Waals surface area contributed by atoms with Gasteiger partial charge in [-0.05, 0) is 84.3 Å². The lowest BCUT2D eigenvalue weighted by molar-refractivity contribution is 0.0987. The molecule has 3 aliphatic rings. The van der Waals surface area contributed by atoms with E-state index in [-0.39, 0.29) is 29.2 Å². The van der Waals surface area contributed by atoms with E-state index in [1.54, 1.807) is 19.2 Å². The molecule has 0 aliphatic carbocycles. The fourth-order valence-electron chi connectivity index (χ4n) is 8.34. The number of piperidine rings is 1. The van der Waals surface area contributed by atoms with E-state index in [0.717, 1.165) is 87.7 Å². The van der Waals surface area contributed by atoms with Gasteiger partial charge in [0, 0.05) is 87.0 Å². The fourth-order valence-corrected chi connectivity index (χ4v) is 8.34. The molecule has 4 aromatic rings. The van der Waals surface area contributed by atoms with Crippen LogP contribution < -0.4 is 19.3 Å². The highest BCUT2D eigenvalue weighted by Gasteiger charge is 2.34. The molecule has 0 bridgehead atoms. The molecule has 51 heavy (non-hydrogen) atoms. The van der Waals surface area contributed by atoms with E-state index in [4.69, 9.17) is 9.47 Å². The first kappa shape index (κ1) is 34.9. The maximum Gasteiger partial charge on any atom is 0.162 e. The summed E-state index contributed by atoms with van der Waals surface area (Å²) in [5.41, 5.74) is 6.89. The molecule has 8 heteroatoms. The van der Waals surface area contributed by atoms with Crippen molar-refractivity contribution in [3.63, 3.8) is 0 Å². The molecular formula is C43H50FN3O4. The summed E-state index contributed by atoms with van der Waals surface area (Å²) in [6.07, 6.45) is 3.42. The van der Waals surface area contributed by atoms with Crippen LogP contribution in [0.15, 0.2) is 78.9 Å². The Balaban J connectivity index is 0.959. The third-order valence-corrected chi connectivity index (χ3v) is 11.3. The van der Waals surface area contributed by atoms with E-state index in [2.05, 4.69) is 51.1 Å². The number of ether oxygens (including phenoxy) is 2. The first-order chi connectivity index (χ1) is 24.8. The van der Waals surface area contributed by atoms with Gasteiger partial charge in [0.2, 0.25) is 0 Å². The molecule has 1 N–H and O–H groups in total. The zero-order valence-corrected chi connectivity index (χ0v) is 30.1. The molecule has 0 aromatic heterocycles. The number of anilines is 2. The second-order valence-electron chi connectivity index (χ2n) is 14.3. The maximum absolute atomic E-state index is 15.2. The normalized spacial score (nSPS) is 19.8. The van der Waals surface area contributed by atoms with Crippen molar-refractivity contribution < 1.29 is 23.8 Å². The predicted octanol–water partition coefficient (Wildman–Crippen LogP) is 8.04. The minimum atomic E-state index is -0.284. The average molecular weight is 692 g/mol. The molecule has 0 amide bonds.